The number of carbonyl (C=O) groups excluding carboxylic acids is 2. The van der Waals surface area contributed by atoms with Gasteiger partial charge in [-0.05, 0) is 81.0 Å². The van der Waals surface area contributed by atoms with Crippen LogP contribution in [0.25, 0.3) is 5.69 Å². The Morgan fingerprint density at radius 3 is 2.37 bits per heavy atom. The summed E-state index contributed by atoms with van der Waals surface area (Å²) in [6.45, 7) is 8.73. The molecular weight excluding hydrogens is 535 g/mol. The molecule has 1 aliphatic heterocycles. The first-order valence-electron chi connectivity index (χ1n) is 14.0. The van der Waals surface area contributed by atoms with Crippen LogP contribution in [0.5, 0.6) is 5.75 Å². The van der Waals surface area contributed by atoms with Crippen LogP contribution >= 0.6 is 0 Å². The van der Waals surface area contributed by atoms with E-state index in [1.165, 1.54) is 4.68 Å². The fourth-order valence-electron chi connectivity index (χ4n) is 5.29. The van der Waals surface area contributed by atoms with Gasteiger partial charge in [-0.2, -0.15) is 18.3 Å². The first-order chi connectivity index (χ1) is 19.5. The number of rotatable bonds is 9. The number of carbonyl (C=O) groups is 2. The molecule has 0 aliphatic carbocycles. The van der Waals surface area contributed by atoms with Crippen LogP contribution in [0.4, 0.5) is 13.2 Å². The normalized spacial score (nSPS) is 16.4. The Morgan fingerprint density at radius 1 is 1.10 bits per heavy atom. The summed E-state index contributed by atoms with van der Waals surface area (Å²) in [6.07, 6.45) is 0.119. The van der Waals surface area contributed by atoms with Crippen molar-refractivity contribution >= 4 is 11.9 Å². The maximum absolute atomic E-state index is 13.2. The fourth-order valence-corrected chi connectivity index (χ4v) is 5.29. The lowest BCUT2D eigenvalue weighted by Crippen LogP contribution is -2.42. The lowest BCUT2D eigenvalue weighted by Gasteiger charge is -2.31. The van der Waals surface area contributed by atoms with E-state index in [-0.39, 0.29) is 23.9 Å². The number of likely N-dealkylation sites (tertiary alicyclic amines) is 1. The molecule has 10 heteroatoms. The minimum Gasteiger partial charge on any atom is -0.486 e. The van der Waals surface area contributed by atoms with Crippen LogP contribution in [0, 0.1) is 19.8 Å². The van der Waals surface area contributed by atoms with Crippen molar-refractivity contribution in [2.24, 2.45) is 5.92 Å². The van der Waals surface area contributed by atoms with Gasteiger partial charge in [0.15, 0.2) is 0 Å². The van der Waals surface area contributed by atoms with Crippen LogP contribution < -0.4 is 4.74 Å². The Hall–Kier alpha value is -3.82. The van der Waals surface area contributed by atoms with E-state index in [1.807, 2.05) is 26.0 Å². The van der Waals surface area contributed by atoms with Gasteiger partial charge in [0.2, 0.25) is 0 Å². The van der Waals surface area contributed by atoms with Gasteiger partial charge in [0.05, 0.1) is 30.0 Å². The summed E-state index contributed by atoms with van der Waals surface area (Å²) < 4.78 is 52.0. The van der Waals surface area contributed by atoms with E-state index in [4.69, 9.17) is 9.47 Å². The average molecular weight is 572 g/mol. The van der Waals surface area contributed by atoms with E-state index >= 15 is 0 Å². The zero-order valence-corrected chi connectivity index (χ0v) is 23.8. The number of benzene rings is 2. The molecule has 0 saturated carbocycles. The standard InChI is InChI=1S/C31H36F3N3O4/c1-5-8-27(41-26-15-20(3)28(21(4)16-26)37-19-25(17-35-37)31(32,33)34)22-10-12-23(13-11-22)29(38)36-14-7-9-24(18-36)30(39)40-6-2/h10-13,15-17,19,24,27H,5-9,14,18H2,1-4H3/t24-,27+/m1/s1. The molecule has 3 aromatic rings. The van der Waals surface area contributed by atoms with Crippen LogP contribution in [-0.2, 0) is 15.7 Å². The van der Waals surface area contributed by atoms with Gasteiger partial charge in [-0.25, -0.2) is 4.68 Å². The van der Waals surface area contributed by atoms with E-state index in [0.29, 0.717) is 43.1 Å². The highest BCUT2D eigenvalue weighted by Crippen LogP contribution is 2.33. The molecular formula is C31H36F3N3O4. The fraction of sp³-hybridized carbons (Fsp3) is 0.452. The molecule has 0 N–H and O–H groups in total. The number of ether oxygens (including phenoxy) is 2. The second-order valence-corrected chi connectivity index (χ2v) is 10.4. The van der Waals surface area contributed by atoms with Gasteiger partial charge in [-0.1, -0.05) is 25.5 Å². The van der Waals surface area contributed by atoms with Gasteiger partial charge in [0.25, 0.3) is 5.91 Å². The number of esters is 1. The van der Waals surface area contributed by atoms with Gasteiger partial charge in [0, 0.05) is 24.8 Å². The number of nitrogens with zero attached hydrogens (tertiary/aromatic N) is 3. The largest absolute Gasteiger partial charge is 0.486 e. The first-order valence-corrected chi connectivity index (χ1v) is 14.0. The highest BCUT2D eigenvalue weighted by Gasteiger charge is 2.33. The van der Waals surface area contributed by atoms with Gasteiger partial charge < -0.3 is 14.4 Å². The van der Waals surface area contributed by atoms with E-state index in [0.717, 1.165) is 48.3 Å². The number of hydrogen-bond acceptors (Lipinski definition) is 5. The average Bonchev–Trinajstić information content (AvgIpc) is 3.43. The number of aryl methyl sites for hydroxylation is 2. The maximum atomic E-state index is 13.2. The lowest BCUT2D eigenvalue weighted by atomic mass is 9.97. The smallest absolute Gasteiger partial charge is 0.419 e. The maximum Gasteiger partial charge on any atom is 0.419 e. The molecule has 2 atom stereocenters. The Labute approximate surface area is 238 Å². The second kappa shape index (κ2) is 12.8. The van der Waals surface area contributed by atoms with Crippen LogP contribution in [0.1, 0.15) is 78.2 Å². The summed E-state index contributed by atoms with van der Waals surface area (Å²) in [5.41, 5.74) is 2.69. The quantitative estimate of drug-likeness (QED) is 0.263. The minimum atomic E-state index is -4.46. The zero-order valence-electron chi connectivity index (χ0n) is 23.8. The molecule has 220 valence electrons. The number of amides is 1. The molecule has 1 aromatic heterocycles. The monoisotopic (exact) mass is 571 g/mol. The summed E-state index contributed by atoms with van der Waals surface area (Å²) in [5.74, 6) is -0.0711. The van der Waals surface area contributed by atoms with Crippen molar-refractivity contribution in [2.75, 3.05) is 19.7 Å². The Balaban J connectivity index is 1.48. The van der Waals surface area contributed by atoms with Gasteiger partial charge in [-0.15, -0.1) is 0 Å². The molecule has 41 heavy (non-hydrogen) atoms. The number of piperidine rings is 1. The molecule has 7 nitrogen and oxygen atoms in total. The molecule has 0 spiro atoms. The van der Waals surface area contributed by atoms with Crippen molar-refractivity contribution in [2.45, 2.75) is 65.7 Å². The molecule has 4 rings (SSSR count). The van der Waals surface area contributed by atoms with E-state index < -0.39 is 11.7 Å². The third-order valence-electron chi connectivity index (χ3n) is 7.29. The highest BCUT2D eigenvalue weighted by atomic mass is 19.4. The number of halogens is 3. The summed E-state index contributed by atoms with van der Waals surface area (Å²) in [4.78, 5) is 27.1. The zero-order chi connectivity index (χ0) is 29.7. The Bertz CT molecular complexity index is 1340. The van der Waals surface area contributed by atoms with Crippen molar-refractivity contribution in [1.29, 1.82) is 0 Å². The summed E-state index contributed by atoms with van der Waals surface area (Å²) in [5, 5.41) is 3.92. The van der Waals surface area contributed by atoms with Gasteiger partial charge in [-0.3, -0.25) is 9.59 Å². The molecule has 2 aromatic carbocycles. The predicted molar refractivity (Wildman–Crippen MR) is 148 cm³/mol. The van der Waals surface area contributed by atoms with Crippen LogP contribution in [0.3, 0.4) is 0 Å². The van der Waals surface area contributed by atoms with E-state index in [9.17, 15) is 22.8 Å². The summed E-state index contributed by atoms with van der Waals surface area (Å²) in [6, 6.07) is 10.9. The van der Waals surface area contributed by atoms with Crippen LogP contribution in [-0.4, -0.2) is 46.3 Å². The van der Waals surface area contributed by atoms with Crippen molar-refractivity contribution in [1.82, 2.24) is 14.7 Å². The second-order valence-electron chi connectivity index (χ2n) is 10.4. The van der Waals surface area contributed by atoms with Crippen LogP contribution in [0.15, 0.2) is 48.8 Å². The molecule has 1 aliphatic rings. The minimum absolute atomic E-state index is 0.118. The molecule has 1 fully saturated rings. The molecule has 0 bridgehead atoms. The van der Waals surface area contributed by atoms with Crippen molar-refractivity contribution in [3.05, 3.63) is 76.6 Å². The number of alkyl halides is 3. The lowest BCUT2D eigenvalue weighted by molar-refractivity contribution is -0.149. The molecule has 1 amide bonds. The predicted octanol–water partition coefficient (Wildman–Crippen LogP) is 6.84. The topological polar surface area (TPSA) is 73.7 Å². The van der Waals surface area contributed by atoms with Crippen molar-refractivity contribution < 1.29 is 32.2 Å². The first kappa shape index (κ1) is 30.1. The van der Waals surface area contributed by atoms with Crippen molar-refractivity contribution in [3.63, 3.8) is 0 Å². The Morgan fingerprint density at radius 2 is 1.78 bits per heavy atom. The van der Waals surface area contributed by atoms with E-state index in [2.05, 4.69) is 12.0 Å². The SMILES string of the molecule is CCC[C@H](Oc1cc(C)c(-n2cc(C(F)(F)F)cn2)c(C)c1)c1ccc(C(=O)N2CCC[C@@H](C(=O)OCC)C2)cc1. The third kappa shape index (κ3) is 7.10. The third-order valence-corrected chi connectivity index (χ3v) is 7.29. The summed E-state index contributed by atoms with van der Waals surface area (Å²) in [7, 11) is 0. The molecule has 0 radical (unpaired) electrons. The van der Waals surface area contributed by atoms with E-state index in [1.54, 1.807) is 36.1 Å². The Kier molecular flexibility index (Phi) is 9.40. The molecule has 1 saturated heterocycles. The van der Waals surface area contributed by atoms with Gasteiger partial charge in [0.1, 0.15) is 11.9 Å². The van der Waals surface area contributed by atoms with Gasteiger partial charge >= 0.3 is 12.1 Å². The highest BCUT2D eigenvalue weighted by molar-refractivity contribution is 5.94. The molecule has 2 heterocycles. The molecule has 0 unspecified atom stereocenters. The van der Waals surface area contributed by atoms with Crippen molar-refractivity contribution in [3.8, 4) is 11.4 Å². The summed E-state index contributed by atoms with van der Waals surface area (Å²) >= 11 is 0. The number of hydrogen-bond donors (Lipinski definition) is 0. The number of aromatic nitrogens is 2. The van der Waals surface area contributed by atoms with Crippen LogP contribution in [0.2, 0.25) is 0 Å².